The van der Waals surface area contributed by atoms with Crippen LogP contribution in [0.15, 0.2) is 144 Å². The molecule has 0 amide bonds. The molecule has 1 aliphatic carbocycles. The van der Waals surface area contributed by atoms with Crippen LogP contribution in [0, 0.1) is 24.9 Å². The van der Waals surface area contributed by atoms with Crippen molar-refractivity contribution < 1.29 is 28.6 Å². The van der Waals surface area contributed by atoms with Crippen LogP contribution in [0.2, 0.25) is 17.3 Å². The van der Waals surface area contributed by atoms with E-state index in [2.05, 4.69) is 106 Å². The van der Waals surface area contributed by atoms with Crippen molar-refractivity contribution in [1.29, 1.82) is 0 Å². The van der Waals surface area contributed by atoms with Crippen molar-refractivity contribution in [2.24, 2.45) is 5.92 Å². The molecule has 1 aliphatic rings. The number of benzene rings is 5. The van der Waals surface area contributed by atoms with Crippen LogP contribution in [0.4, 0.5) is 0 Å². The molecule has 277 valence electrons. The molecule has 9 rings (SSSR count). The normalized spacial score (nSPS) is 14.1. The van der Waals surface area contributed by atoms with Gasteiger partial charge in [0.2, 0.25) is 0 Å². The van der Waals surface area contributed by atoms with Gasteiger partial charge in [0.25, 0.3) is 0 Å². The van der Waals surface area contributed by atoms with E-state index in [1.165, 1.54) is 41.2 Å². The summed E-state index contributed by atoms with van der Waals surface area (Å²) in [6, 6.07) is 49.1. The van der Waals surface area contributed by atoms with E-state index in [1.807, 2.05) is 67.0 Å². The zero-order valence-corrected chi connectivity index (χ0v) is 36.0. The molecule has 5 heteroatoms. The first-order valence-electron chi connectivity index (χ1n) is 20.5. The molecule has 3 heterocycles. The van der Waals surface area contributed by atoms with Gasteiger partial charge >= 0.3 is 146 Å². The summed E-state index contributed by atoms with van der Waals surface area (Å²) in [5, 5.41) is 2.25. The van der Waals surface area contributed by atoms with Crippen molar-refractivity contribution in [1.82, 2.24) is 9.97 Å². The Balaban J connectivity index is 0.000000177. The standard InChI is InChI=1S/C29H24NO.C21H22GeN.Ir/c1-2-9-22(10-3-1)23-13-14-24-25-11-6-12-26(29(25)31-28(24)19-23)27-18-21(15-16-30-27)17-20-7-4-5-8-20;1-16-10-11-18(14-20(16)17-8-6-5-7-9-17)21-13-12-19(15-23-21)22(2,3)4;/h1-3,6,9-11,13-16,18-20H,4-5,7-8,17H2;5-10,12-15H,1-4H3;/q2*-1;/i;1D3;. The second-order valence-corrected chi connectivity index (χ2v) is 26.1. The third kappa shape index (κ3) is 8.78. The second kappa shape index (κ2) is 17.0. The molecule has 0 N–H and O–H groups in total. The van der Waals surface area contributed by atoms with Crippen molar-refractivity contribution in [3.05, 3.63) is 163 Å². The maximum atomic E-state index is 7.84. The SMILES string of the molecule is [2H]C([2H])([2H])c1c[c-]c(-c2cc[c]([Ge]([CH3])([CH3])[CH3])cn2)cc1-c1ccccc1.[Ir].[c-]1ccc2c(oc3cc(-c4ccccc4)ccc32)c1-c1cc(CC2CCCC2)ccn1. The summed E-state index contributed by atoms with van der Waals surface area (Å²) >= 11 is -1.91. The van der Waals surface area contributed by atoms with E-state index in [4.69, 9.17) is 8.53 Å². The van der Waals surface area contributed by atoms with E-state index in [-0.39, 0.29) is 20.1 Å². The number of hydrogen-bond acceptors (Lipinski definition) is 3. The van der Waals surface area contributed by atoms with Crippen molar-refractivity contribution in [2.45, 2.75) is 56.2 Å². The number of fused-ring (bicyclic) bond motifs is 3. The summed E-state index contributed by atoms with van der Waals surface area (Å²) in [7, 11) is 0. The number of nitrogens with zero attached hydrogens (tertiary/aromatic N) is 2. The maximum Gasteiger partial charge on any atom is 0.121 e. The van der Waals surface area contributed by atoms with Gasteiger partial charge in [-0.15, -0.1) is 18.2 Å². The molecule has 3 nitrogen and oxygen atoms in total. The zero-order chi connectivity index (χ0) is 39.6. The predicted octanol–water partition coefficient (Wildman–Crippen LogP) is 12.9. The molecular weight excluding hydrogens is 909 g/mol. The van der Waals surface area contributed by atoms with Gasteiger partial charge in [-0.2, -0.15) is 0 Å². The van der Waals surface area contributed by atoms with Crippen LogP contribution in [-0.4, -0.2) is 23.2 Å². The first-order valence-corrected chi connectivity index (χ1v) is 26.3. The number of aryl methyl sites for hydroxylation is 1. The van der Waals surface area contributed by atoms with Crippen LogP contribution in [0.25, 0.3) is 66.7 Å². The summed E-state index contributed by atoms with van der Waals surface area (Å²) in [6.07, 6.45) is 10.5. The molecule has 0 saturated heterocycles. The van der Waals surface area contributed by atoms with Gasteiger partial charge in [0, 0.05) is 31.7 Å². The van der Waals surface area contributed by atoms with Crippen molar-refractivity contribution >= 4 is 39.6 Å². The molecule has 0 spiro atoms. The predicted molar refractivity (Wildman–Crippen MR) is 229 cm³/mol. The number of hydrogen-bond donors (Lipinski definition) is 0. The van der Waals surface area contributed by atoms with E-state index >= 15 is 0 Å². The van der Waals surface area contributed by atoms with Gasteiger partial charge in [-0.05, 0) is 41.3 Å². The van der Waals surface area contributed by atoms with Crippen LogP contribution >= 0.6 is 0 Å². The van der Waals surface area contributed by atoms with Crippen molar-refractivity contribution in [2.75, 3.05) is 0 Å². The Morgan fingerprint density at radius 2 is 1.51 bits per heavy atom. The molecule has 0 atom stereocenters. The quantitative estimate of drug-likeness (QED) is 0.118. The monoisotopic (exact) mass is 960 g/mol. The molecule has 0 aliphatic heterocycles. The average Bonchev–Trinajstić information content (AvgIpc) is 3.88. The molecular formula is C50H46GeIrN2O-2. The second-order valence-electron chi connectivity index (χ2n) is 15.4. The summed E-state index contributed by atoms with van der Waals surface area (Å²) in [4.78, 5) is 9.30. The number of pyridine rings is 2. The summed E-state index contributed by atoms with van der Waals surface area (Å²) in [5.41, 5.74) is 10.9. The van der Waals surface area contributed by atoms with Crippen LogP contribution < -0.4 is 4.40 Å². The van der Waals surface area contributed by atoms with Crippen molar-refractivity contribution in [3.8, 4) is 44.8 Å². The van der Waals surface area contributed by atoms with E-state index in [1.54, 1.807) is 6.07 Å². The Bertz CT molecular complexity index is 2630. The minimum absolute atomic E-state index is 0. The van der Waals surface area contributed by atoms with Gasteiger partial charge in [0.1, 0.15) is 5.58 Å². The van der Waals surface area contributed by atoms with E-state index < -0.39 is 20.1 Å². The molecule has 55 heavy (non-hydrogen) atoms. The Hall–Kier alpha value is -4.61. The Morgan fingerprint density at radius 3 is 2.22 bits per heavy atom. The fraction of sp³-hybridized carbons (Fsp3) is 0.200. The van der Waals surface area contributed by atoms with Gasteiger partial charge in [0.05, 0.1) is 5.58 Å². The smallest absolute Gasteiger partial charge is 0.121 e. The Morgan fingerprint density at radius 1 is 0.745 bits per heavy atom. The van der Waals surface area contributed by atoms with E-state index in [0.29, 0.717) is 11.1 Å². The van der Waals surface area contributed by atoms with E-state index in [0.717, 1.165) is 67.9 Å². The molecule has 0 unspecified atom stereocenters. The van der Waals surface area contributed by atoms with Crippen LogP contribution in [0.5, 0.6) is 0 Å². The molecule has 5 aromatic carbocycles. The minimum atomic E-state index is -2.18. The zero-order valence-electron chi connectivity index (χ0n) is 34.5. The third-order valence-electron chi connectivity index (χ3n) is 10.6. The van der Waals surface area contributed by atoms with Gasteiger partial charge in [-0.25, -0.2) is 0 Å². The fourth-order valence-electron chi connectivity index (χ4n) is 7.52. The van der Waals surface area contributed by atoms with Crippen LogP contribution in [-0.2, 0) is 26.5 Å². The fourth-order valence-corrected chi connectivity index (χ4v) is 9.69. The number of rotatable bonds is 7. The largest absolute Gasteiger partial charge is 0.501 e. The van der Waals surface area contributed by atoms with Crippen LogP contribution in [0.1, 0.15) is 40.9 Å². The topological polar surface area (TPSA) is 38.9 Å². The molecule has 1 saturated carbocycles. The minimum Gasteiger partial charge on any atom is -0.501 e. The van der Waals surface area contributed by atoms with Crippen LogP contribution in [0.3, 0.4) is 0 Å². The van der Waals surface area contributed by atoms with Gasteiger partial charge in [-0.1, -0.05) is 90.7 Å². The molecule has 3 aromatic heterocycles. The first-order chi connectivity index (χ1) is 27.5. The number of furan rings is 1. The summed E-state index contributed by atoms with van der Waals surface area (Å²) < 4.78 is 31.3. The Labute approximate surface area is 346 Å². The molecule has 0 bridgehead atoms. The molecule has 1 radical (unpaired) electrons. The molecule has 1 fully saturated rings. The summed E-state index contributed by atoms with van der Waals surface area (Å²) in [5.74, 6) is 7.82. The summed E-state index contributed by atoms with van der Waals surface area (Å²) in [6.45, 7) is -2.18. The molecule has 8 aromatic rings. The van der Waals surface area contributed by atoms with Gasteiger partial charge < -0.3 is 9.40 Å². The average molecular weight is 959 g/mol. The van der Waals surface area contributed by atoms with Gasteiger partial charge in [-0.3, -0.25) is 0 Å². The number of aromatic nitrogens is 2. The van der Waals surface area contributed by atoms with Gasteiger partial charge in [0.15, 0.2) is 0 Å². The third-order valence-corrected chi connectivity index (χ3v) is 14.8. The van der Waals surface area contributed by atoms with Crippen molar-refractivity contribution in [3.63, 3.8) is 0 Å². The maximum absolute atomic E-state index is 7.84. The van der Waals surface area contributed by atoms with E-state index in [9.17, 15) is 0 Å². The Kier molecular flexibility index (Phi) is 10.8. The first kappa shape index (κ1) is 34.9.